The average Bonchev–Trinajstić information content (AvgIpc) is 2.77. The lowest BCUT2D eigenvalue weighted by atomic mass is 9.76. The summed E-state index contributed by atoms with van der Waals surface area (Å²) in [7, 11) is 0. The molecule has 1 N–H and O–H groups in total. The van der Waals surface area contributed by atoms with Gasteiger partial charge in [-0.15, -0.1) is 0 Å². The zero-order chi connectivity index (χ0) is 13.5. The molecule has 2 rings (SSSR count). The van der Waals surface area contributed by atoms with Crippen LogP contribution < -0.4 is 0 Å². The van der Waals surface area contributed by atoms with Crippen LogP contribution in [0.15, 0.2) is 6.07 Å². The van der Waals surface area contributed by atoms with Crippen molar-refractivity contribution in [1.82, 2.24) is 0 Å². The Morgan fingerprint density at radius 1 is 1.28 bits per heavy atom. The number of carbonyl (C=O) groups is 1. The van der Waals surface area contributed by atoms with E-state index in [1.165, 1.54) is 13.8 Å². The maximum absolute atomic E-state index is 14.3. The molecule has 1 aromatic rings. The van der Waals surface area contributed by atoms with Gasteiger partial charge in [0, 0.05) is 5.56 Å². The zero-order valence-corrected chi connectivity index (χ0v) is 10.5. The summed E-state index contributed by atoms with van der Waals surface area (Å²) in [6.07, 6.45) is 2.23. The van der Waals surface area contributed by atoms with Crippen molar-refractivity contribution in [3.8, 4) is 0 Å². The van der Waals surface area contributed by atoms with Gasteiger partial charge in [-0.2, -0.15) is 0 Å². The first kappa shape index (κ1) is 13.0. The Kier molecular flexibility index (Phi) is 3.13. The second kappa shape index (κ2) is 4.34. The Balaban J connectivity index is 2.73. The fourth-order valence-corrected chi connectivity index (χ4v) is 2.96. The molecule has 18 heavy (non-hydrogen) atoms. The van der Waals surface area contributed by atoms with Gasteiger partial charge in [0.25, 0.3) is 0 Å². The first-order valence-corrected chi connectivity index (χ1v) is 6.09. The predicted molar refractivity (Wildman–Crippen MR) is 63.6 cm³/mol. The SMILES string of the molecule is Cc1cc(F)c(C)c(C2(C(=O)O)CCCC2)c1F. The number of aryl methyl sites for hydroxylation is 1. The Hall–Kier alpha value is -1.45. The molecular weight excluding hydrogens is 238 g/mol. The monoisotopic (exact) mass is 254 g/mol. The second-order valence-electron chi connectivity index (χ2n) is 5.08. The molecule has 0 aromatic heterocycles. The van der Waals surface area contributed by atoms with Crippen LogP contribution in [0.4, 0.5) is 8.78 Å². The van der Waals surface area contributed by atoms with E-state index in [1.807, 2.05) is 0 Å². The van der Waals surface area contributed by atoms with E-state index in [2.05, 4.69) is 0 Å². The van der Waals surface area contributed by atoms with E-state index < -0.39 is 23.0 Å². The van der Waals surface area contributed by atoms with E-state index in [0.29, 0.717) is 12.8 Å². The number of hydrogen-bond acceptors (Lipinski definition) is 1. The lowest BCUT2D eigenvalue weighted by Crippen LogP contribution is -2.35. The molecule has 0 aliphatic heterocycles. The van der Waals surface area contributed by atoms with Crippen molar-refractivity contribution >= 4 is 5.97 Å². The highest BCUT2D eigenvalue weighted by Gasteiger charge is 2.46. The van der Waals surface area contributed by atoms with Crippen molar-refractivity contribution < 1.29 is 18.7 Å². The van der Waals surface area contributed by atoms with Gasteiger partial charge in [-0.3, -0.25) is 4.79 Å². The molecule has 0 bridgehead atoms. The van der Waals surface area contributed by atoms with E-state index >= 15 is 0 Å². The number of carboxylic acids is 1. The van der Waals surface area contributed by atoms with E-state index in [9.17, 15) is 18.7 Å². The molecule has 98 valence electrons. The lowest BCUT2D eigenvalue weighted by molar-refractivity contribution is -0.143. The molecule has 2 nitrogen and oxygen atoms in total. The van der Waals surface area contributed by atoms with Gasteiger partial charge >= 0.3 is 5.97 Å². The molecule has 1 aromatic carbocycles. The van der Waals surface area contributed by atoms with E-state index in [4.69, 9.17) is 0 Å². The number of aliphatic carboxylic acids is 1. The normalized spacial score (nSPS) is 18.0. The molecule has 1 aliphatic carbocycles. The van der Waals surface area contributed by atoms with Crippen LogP contribution in [0.25, 0.3) is 0 Å². The van der Waals surface area contributed by atoms with Gasteiger partial charge in [-0.1, -0.05) is 12.8 Å². The summed E-state index contributed by atoms with van der Waals surface area (Å²) in [6, 6.07) is 1.12. The maximum atomic E-state index is 14.3. The molecule has 1 fully saturated rings. The highest BCUT2D eigenvalue weighted by Crippen LogP contribution is 2.44. The van der Waals surface area contributed by atoms with Crippen molar-refractivity contribution in [2.75, 3.05) is 0 Å². The third-order valence-corrected chi connectivity index (χ3v) is 3.99. The van der Waals surface area contributed by atoms with E-state index in [-0.39, 0.29) is 16.7 Å². The molecule has 0 amide bonds. The maximum Gasteiger partial charge on any atom is 0.314 e. The van der Waals surface area contributed by atoms with Gasteiger partial charge in [0.15, 0.2) is 0 Å². The fourth-order valence-electron chi connectivity index (χ4n) is 2.96. The predicted octanol–water partition coefficient (Wildman–Crippen LogP) is 3.48. The summed E-state index contributed by atoms with van der Waals surface area (Å²) in [5.74, 6) is -2.15. The van der Waals surface area contributed by atoms with Crippen LogP contribution in [0, 0.1) is 25.5 Å². The summed E-state index contributed by atoms with van der Waals surface area (Å²) in [5.41, 5.74) is -0.908. The van der Waals surface area contributed by atoms with Crippen molar-refractivity contribution in [3.63, 3.8) is 0 Å². The van der Waals surface area contributed by atoms with Gasteiger partial charge in [-0.05, 0) is 43.9 Å². The number of hydrogen-bond donors (Lipinski definition) is 1. The molecule has 0 unspecified atom stereocenters. The highest BCUT2D eigenvalue weighted by molar-refractivity contribution is 5.82. The quantitative estimate of drug-likeness (QED) is 0.877. The van der Waals surface area contributed by atoms with Gasteiger partial charge in [0.2, 0.25) is 0 Å². The first-order chi connectivity index (χ1) is 8.40. The number of carboxylic acid groups (broad SMARTS) is 1. The van der Waals surface area contributed by atoms with Crippen molar-refractivity contribution in [2.45, 2.75) is 44.9 Å². The smallest absolute Gasteiger partial charge is 0.314 e. The molecule has 1 saturated carbocycles. The minimum Gasteiger partial charge on any atom is -0.481 e. The Morgan fingerprint density at radius 3 is 2.33 bits per heavy atom. The van der Waals surface area contributed by atoms with Crippen LogP contribution >= 0.6 is 0 Å². The summed E-state index contributed by atoms with van der Waals surface area (Å²) in [5, 5.41) is 9.46. The Morgan fingerprint density at radius 2 is 1.83 bits per heavy atom. The van der Waals surface area contributed by atoms with E-state index in [1.54, 1.807) is 0 Å². The van der Waals surface area contributed by atoms with Crippen LogP contribution in [0.3, 0.4) is 0 Å². The van der Waals surface area contributed by atoms with E-state index in [0.717, 1.165) is 18.9 Å². The third kappa shape index (κ3) is 1.71. The number of rotatable bonds is 2. The van der Waals surface area contributed by atoms with Gasteiger partial charge in [-0.25, -0.2) is 8.78 Å². The summed E-state index contributed by atoms with van der Waals surface area (Å²) < 4.78 is 28.0. The Labute approximate surface area is 105 Å². The minimum atomic E-state index is -1.25. The molecule has 0 saturated heterocycles. The summed E-state index contributed by atoms with van der Waals surface area (Å²) in [4.78, 5) is 11.6. The highest BCUT2D eigenvalue weighted by atomic mass is 19.1. The molecule has 1 aliphatic rings. The fraction of sp³-hybridized carbons (Fsp3) is 0.500. The Bertz CT molecular complexity index is 477. The molecule has 0 atom stereocenters. The molecule has 0 heterocycles. The summed E-state index contributed by atoms with van der Waals surface area (Å²) in [6.45, 7) is 2.92. The standard InChI is InChI=1S/C14H16F2O2/c1-8-7-10(15)9(2)11(12(8)16)14(13(17)18)5-3-4-6-14/h7H,3-6H2,1-2H3,(H,17,18). The zero-order valence-electron chi connectivity index (χ0n) is 10.5. The van der Waals surface area contributed by atoms with Crippen molar-refractivity contribution in [2.24, 2.45) is 0 Å². The van der Waals surface area contributed by atoms with Crippen LogP contribution in [0.1, 0.15) is 42.4 Å². The summed E-state index contributed by atoms with van der Waals surface area (Å²) >= 11 is 0. The van der Waals surface area contributed by atoms with Gasteiger partial charge < -0.3 is 5.11 Å². The molecule has 0 spiro atoms. The van der Waals surface area contributed by atoms with Gasteiger partial charge in [0.05, 0.1) is 5.41 Å². The molecular formula is C14H16F2O2. The second-order valence-corrected chi connectivity index (χ2v) is 5.08. The van der Waals surface area contributed by atoms with Crippen LogP contribution in [-0.4, -0.2) is 11.1 Å². The van der Waals surface area contributed by atoms with Crippen LogP contribution in [0.2, 0.25) is 0 Å². The first-order valence-electron chi connectivity index (χ1n) is 6.09. The molecule has 4 heteroatoms. The topological polar surface area (TPSA) is 37.3 Å². The number of benzene rings is 1. The van der Waals surface area contributed by atoms with Crippen molar-refractivity contribution in [1.29, 1.82) is 0 Å². The largest absolute Gasteiger partial charge is 0.481 e. The third-order valence-electron chi connectivity index (χ3n) is 3.99. The lowest BCUT2D eigenvalue weighted by Gasteiger charge is -2.27. The van der Waals surface area contributed by atoms with Crippen LogP contribution in [-0.2, 0) is 10.2 Å². The number of halogens is 2. The van der Waals surface area contributed by atoms with Crippen molar-refractivity contribution in [3.05, 3.63) is 34.4 Å². The van der Waals surface area contributed by atoms with Crippen LogP contribution in [0.5, 0.6) is 0 Å². The van der Waals surface area contributed by atoms with Gasteiger partial charge in [0.1, 0.15) is 11.6 Å². The minimum absolute atomic E-state index is 0.0463. The molecule has 0 radical (unpaired) electrons. The average molecular weight is 254 g/mol.